The fourth-order valence-corrected chi connectivity index (χ4v) is 3.15. The van der Waals surface area contributed by atoms with E-state index in [0.717, 1.165) is 18.8 Å². The minimum Gasteiger partial charge on any atom is -0.459 e. The van der Waals surface area contributed by atoms with Crippen LogP contribution in [0.1, 0.15) is 10.6 Å². The normalized spacial score (nSPS) is 14.0. The average Bonchev–Trinajstić information content (AvgIpc) is 3.29. The summed E-state index contributed by atoms with van der Waals surface area (Å²) in [6.07, 6.45) is 2.80. The number of halogens is 1. The highest BCUT2D eigenvalue weighted by Crippen LogP contribution is 2.27. The lowest BCUT2D eigenvalue weighted by molar-refractivity contribution is 0.0935. The summed E-state index contributed by atoms with van der Waals surface area (Å²) in [7, 11) is 0. The molecule has 3 aromatic rings. The summed E-state index contributed by atoms with van der Waals surface area (Å²) in [5.74, 6) is 0.370. The number of furan rings is 1. The number of rotatable bonds is 5. The van der Waals surface area contributed by atoms with E-state index >= 15 is 0 Å². The Bertz CT molecular complexity index is 971. The number of aromatic nitrogens is 2. The Labute approximate surface area is 166 Å². The summed E-state index contributed by atoms with van der Waals surface area (Å²) >= 11 is 0. The molecule has 1 aliphatic heterocycles. The van der Waals surface area contributed by atoms with Crippen LogP contribution in [0.2, 0.25) is 0 Å². The molecule has 0 saturated carbocycles. The Morgan fingerprint density at radius 2 is 1.79 bits per heavy atom. The minimum atomic E-state index is -0.442. The number of nitrogens with two attached hydrogens (primary N) is 1. The largest absolute Gasteiger partial charge is 0.459 e. The van der Waals surface area contributed by atoms with Crippen molar-refractivity contribution in [2.24, 2.45) is 0 Å². The van der Waals surface area contributed by atoms with E-state index in [1.54, 1.807) is 24.3 Å². The van der Waals surface area contributed by atoms with Crippen molar-refractivity contribution in [1.82, 2.24) is 15.4 Å². The maximum absolute atomic E-state index is 13.1. The molecule has 0 bridgehead atoms. The zero-order valence-electron chi connectivity index (χ0n) is 15.5. The van der Waals surface area contributed by atoms with Crippen molar-refractivity contribution in [2.45, 2.75) is 0 Å². The molecule has 0 aliphatic carbocycles. The first-order valence-electron chi connectivity index (χ1n) is 9.07. The second-order valence-corrected chi connectivity index (χ2v) is 6.47. The maximum Gasteiger partial charge on any atom is 0.305 e. The van der Waals surface area contributed by atoms with Crippen LogP contribution in [0, 0.1) is 5.82 Å². The number of nitrogens with one attached hydrogen (secondary N) is 2. The molecule has 4 rings (SSSR count). The number of benzene rings is 1. The van der Waals surface area contributed by atoms with Gasteiger partial charge in [0.05, 0.1) is 6.26 Å². The van der Waals surface area contributed by atoms with Gasteiger partial charge in [-0.2, -0.15) is 0 Å². The van der Waals surface area contributed by atoms with E-state index in [1.807, 2.05) is 0 Å². The summed E-state index contributed by atoms with van der Waals surface area (Å²) in [5.41, 5.74) is 12.7. The van der Waals surface area contributed by atoms with E-state index in [9.17, 15) is 9.18 Å². The molecule has 0 radical (unpaired) electrons. The lowest BCUT2D eigenvalue weighted by Crippen LogP contribution is -2.47. The molecule has 4 N–H and O–H groups in total. The zero-order valence-corrected chi connectivity index (χ0v) is 15.5. The van der Waals surface area contributed by atoms with Crippen molar-refractivity contribution >= 4 is 28.9 Å². The summed E-state index contributed by atoms with van der Waals surface area (Å²) in [4.78, 5) is 24.6. The van der Waals surface area contributed by atoms with Crippen LogP contribution in [0.25, 0.3) is 0 Å². The van der Waals surface area contributed by atoms with Crippen LogP contribution >= 0.6 is 0 Å². The van der Waals surface area contributed by atoms with Crippen LogP contribution in [0.5, 0.6) is 0 Å². The smallest absolute Gasteiger partial charge is 0.305 e. The van der Waals surface area contributed by atoms with Gasteiger partial charge in [-0.25, -0.2) is 14.4 Å². The van der Waals surface area contributed by atoms with Gasteiger partial charge in [0.15, 0.2) is 17.4 Å². The third-order valence-electron chi connectivity index (χ3n) is 4.67. The fraction of sp³-hybridized carbons (Fsp3) is 0.211. The molecule has 150 valence electrons. The highest BCUT2D eigenvalue weighted by Gasteiger charge is 2.22. The van der Waals surface area contributed by atoms with Crippen LogP contribution in [0.3, 0.4) is 0 Å². The van der Waals surface area contributed by atoms with Gasteiger partial charge in [0, 0.05) is 31.9 Å². The average molecular weight is 397 g/mol. The number of hydrazine groups is 1. The topological polar surface area (TPSA) is 113 Å². The fourth-order valence-electron chi connectivity index (χ4n) is 3.15. The van der Waals surface area contributed by atoms with Crippen LogP contribution < -0.4 is 26.4 Å². The van der Waals surface area contributed by atoms with E-state index < -0.39 is 5.91 Å². The van der Waals surface area contributed by atoms with Crippen molar-refractivity contribution in [1.29, 1.82) is 0 Å². The molecule has 10 heteroatoms. The van der Waals surface area contributed by atoms with Gasteiger partial charge in [0.25, 0.3) is 0 Å². The Kier molecular flexibility index (Phi) is 5.14. The molecule has 1 aromatic carbocycles. The molecule has 0 spiro atoms. The summed E-state index contributed by atoms with van der Waals surface area (Å²) in [6.45, 7) is 2.87. The number of anilines is 4. The lowest BCUT2D eigenvalue weighted by atomic mass is 10.2. The summed E-state index contributed by atoms with van der Waals surface area (Å²) < 4.78 is 18.2. The Morgan fingerprint density at radius 1 is 1.07 bits per heavy atom. The van der Waals surface area contributed by atoms with Gasteiger partial charge >= 0.3 is 5.91 Å². The minimum absolute atomic E-state index is 0.169. The molecule has 3 heterocycles. The van der Waals surface area contributed by atoms with Crippen LogP contribution in [-0.4, -0.2) is 42.1 Å². The third kappa shape index (κ3) is 4.05. The number of hydrogen-bond acceptors (Lipinski definition) is 8. The number of hydrogen-bond donors (Lipinski definition) is 3. The molecule has 1 saturated heterocycles. The highest BCUT2D eigenvalue weighted by atomic mass is 19.1. The molecule has 0 unspecified atom stereocenters. The van der Waals surface area contributed by atoms with Crippen LogP contribution in [0.15, 0.2) is 53.4 Å². The predicted octanol–water partition coefficient (Wildman–Crippen LogP) is 1.87. The Morgan fingerprint density at radius 3 is 2.48 bits per heavy atom. The summed E-state index contributed by atoms with van der Waals surface area (Å²) in [6, 6.07) is 9.63. The number of carbonyl (C=O) groups is 1. The van der Waals surface area contributed by atoms with Gasteiger partial charge in [-0.15, -0.1) is 0 Å². The van der Waals surface area contributed by atoms with E-state index in [1.165, 1.54) is 24.7 Å². The maximum atomic E-state index is 13.1. The van der Waals surface area contributed by atoms with Crippen molar-refractivity contribution in [3.05, 3.63) is 60.6 Å². The Balaban J connectivity index is 1.40. The lowest BCUT2D eigenvalue weighted by Gasteiger charge is -2.37. The molecular weight excluding hydrogens is 377 g/mol. The van der Waals surface area contributed by atoms with Crippen molar-refractivity contribution in [3.8, 4) is 0 Å². The van der Waals surface area contributed by atoms with E-state index in [4.69, 9.17) is 10.2 Å². The molecular formula is C19H20FN7O2. The van der Waals surface area contributed by atoms with Gasteiger partial charge in [0.2, 0.25) is 0 Å². The van der Waals surface area contributed by atoms with Crippen molar-refractivity contribution < 1.29 is 13.6 Å². The molecule has 1 amide bonds. The van der Waals surface area contributed by atoms with E-state index in [0.29, 0.717) is 30.4 Å². The van der Waals surface area contributed by atoms with Crippen molar-refractivity contribution in [2.75, 3.05) is 47.1 Å². The molecule has 29 heavy (non-hydrogen) atoms. The van der Waals surface area contributed by atoms with Crippen LogP contribution in [0.4, 0.5) is 27.4 Å². The van der Waals surface area contributed by atoms with Gasteiger partial charge in [-0.05, 0) is 36.4 Å². The third-order valence-corrected chi connectivity index (χ3v) is 4.67. The molecule has 1 fully saturated rings. The SMILES string of the molecule is Nc1c(NNC(=O)c2ccco2)ncnc1N1CCN(c2ccc(F)cc2)CC1. The van der Waals surface area contributed by atoms with Gasteiger partial charge in [0.1, 0.15) is 17.8 Å². The van der Waals surface area contributed by atoms with E-state index in [-0.39, 0.29) is 11.6 Å². The number of nitrogens with zero attached hydrogens (tertiary/aromatic N) is 4. The molecule has 0 atom stereocenters. The van der Waals surface area contributed by atoms with Gasteiger partial charge in [-0.1, -0.05) is 0 Å². The Hall–Kier alpha value is -3.82. The van der Waals surface area contributed by atoms with Crippen LogP contribution in [-0.2, 0) is 0 Å². The number of piperazine rings is 1. The second kappa shape index (κ2) is 8.05. The predicted molar refractivity (Wildman–Crippen MR) is 107 cm³/mol. The number of amides is 1. The zero-order chi connectivity index (χ0) is 20.2. The van der Waals surface area contributed by atoms with Gasteiger partial charge in [-0.3, -0.25) is 15.6 Å². The first kappa shape index (κ1) is 18.5. The number of nitrogen functional groups attached to an aromatic ring is 1. The van der Waals surface area contributed by atoms with E-state index in [2.05, 4.69) is 30.6 Å². The second-order valence-electron chi connectivity index (χ2n) is 6.47. The highest BCUT2D eigenvalue weighted by molar-refractivity contribution is 5.92. The van der Waals surface area contributed by atoms with Crippen molar-refractivity contribution in [3.63, 3.8) is 0 Å². The quantitative estimate of drug-likeness (QED) is 0.560. The monoisotopic (exact) mass is 397 g/mol. The number of carbonyl (C=O) groups excluding carboxylic acids is 1. The summed E-state index contributed by atoms with van der Waals surface area (Å²) in [5, 5.41) is 0. The molecule has 9 nitrogen and oxygen atoms in total. The molecule has 1 aliphatic rings. The first-order chi connectivity index (χ1) is 14.1. The van der Waals surface area contributed by atoms with Gasteiger partial charge < -0.3 is 20.0 Å². The standard InChI is InChI=1S/C19H20FN7O2/c20-13-3-5-14(6-4-13)26-7-9-27(10-8-26)18-16(21)17(22-12-23-18)24-25-19(28)15-2-1-11-29-15/h1-6,11-12H,7-10,21H2,(H,25,28)(H,22,23,24). The first-order valence-corrected chi connectivity index (χ1v) is 9.07. The molecule has 2 aromatic heterocycles.